The summed E-state index contributed by atoms with van der Waals surface area (Å²) in [5.74, 6) is 0.975. The summed E-state index contributed by atoms with van der Waals surface area (Å²) in [6.07, 6.45) is 8.76. The van der Waals surface area contributed by atoms with E-state index >= 15 is 0 Å². The molecule has 3 fully saturated rings. The summed E-state index contributed by atoms with van der Waals surface area (Å²) in [5, 5.41) is 3.52. The molecule has 3 nitrogen and oxygen atoms in total. The lowest BCUT2D eigenvalue weighted by molar-refractivity contribution is 0.0902. The summed E-state index contributed by atoms with van der Waals surface area (Å²) in [6, 6.07) is 1.68. The zero-order valence-corrected chi connectivity index (χ0v) is 11.9. The summed E-state index contributed by atoms with van der Waals surface area (Å²) in [4.78, 5) is 5.44. The average Bonchev–Trinajstić information content (AvgIpc) is 3.11. The number of nitrogens with one attached hydrogen (secondary N) is 1. The van der Waals surface area contributed by atoms with E-state index in [9.17, 15) is 0 Å². The molecule has 3 rings (SSSR count). The van der Waals surface area contributed by atoms with Gasteiger partial charge in [-0.1, -0.05) is 12.8 Å². The van der Waals surface area contributed by atoms with Crippen LogP contribution in [0.4, 0.5) is 0 Å². The van der Waals surface area contributed by atoms with Gasteiger partial charge in [0.25, 0.3) is 0 Å². The highest BCUT2D eigenvalue weighted by atomic mass is 15.3. The molecule has 0 amide bonds. The molecule has 0 aromatic heterocycles. The van der Waals surface area contributed by atoms with Crippen LogP contribution in [0.15, 0.2) is 0 Å². The fourth-order valence-electron chi connectivity index (χ4n) is 3.83. The molecule has 0 radical (unpaired) electrons. The zero-order valence-electron chi connectivity index (χ0n) is 11.9. The Kier molecular flexibility index (Phi) is 4.22. The smallest absolute Gasteiger partial charge is 0.0220 e. The minimum atomic E-state index is 0.753. The van der Waals surface area contributed by atoms with Crippen molar-refractivity contribution < 1.29 is 0 Å². The fourth-order valence-corrected chi connectivity index (χ4v) is 3.83. The van der Waals surface area contributed by atoms with Gasteiger partial charge < -0.3 is 5.32 Å². The van der Waals surface area contributed by atoms with Crippen LogP contribution in [0.2, 0.25) is 0 Å². The van der Waals surface area contributed by atoms with E-state index in [0.717, 1.165) is 18.0 Å². The van der Waals surface area contributed by atoms with Gasteiger partial charge in [0.15, 0.2) is 0 Å². The van der Waals surface area contributed by atoms with Gasteiger partial charge >= 0.3 is 0 Å². The Morgan fingerprint density at radius 1 is 1.00 bits per heavy atom. The van der Waals surface area contributed by atoms with Crippen LogP contribution in [0.25, 0.3) is 0 Å². The Labute approximate surface area is 112 Å². The number of nitrogens with zero attached hydrogens (tertiary/aromatic N) is 2. The lowest BCUT2D eigenvalue weighted by Crippen LogP contribution is -2.52. The SMILES string of the molecule is CNC(CN1CCN(C2CCCC2)CC1)C1CC1. The Bertz CT molecular complexity index is 250. The van der Waals surface area contributed by atoms with Gasteiger partial charge in [-0.15, -0.1) is 0 Å². The monoisotopic (exact) mass is 251 g/mol. The summed E-state index contributed by atoms with van der Waals surface area (Å²) >= 11 is 0. The van der Waals surface area contributed by atoms with Crippen LogP contribution in [0.5, 0.6) is 0 Å². The summed E-state index contributed by atoms with van der Waals surface area (Å²) in [6.45, 7) is 6.49. The Hall–Kier alpha value is -0.120. The van der Waals surface area contributed by atoms with Gasteiger partial charge in [-0.05, 0) is 38.6 Å². The lowest BCUT2D eigenvalue weighted by atomic mass is 10.1. The van der Waals surface area contributed by atoms with Crippen LogP contribution in [-0.4, -0.2) is 61.7 Å². The molecule has 0 aromatic carbocycles. The molecule has 1 atom stereocenters. The number of piperazine rings is 1. The molecule has 0 spiro atoms. The van der Waals surface area contributed by atoms with E-state index in [1.807, 2.05) is 0 Å². The zero-order chi connectivity index (χ0) is 12.4. The first-order valence-corrected chi connectivity index (χ1v) is 8.00. The Morgan fingerprint density at radius 3 is 2.22 bits per heavy atom. The largest absolute Gasteiger partial charge is 0.315 e. The van der Waals surface area contributed by atoms with E-state index in [-0.39, 0.29) is 0 Å². The van der Waals surface area contributed by atoms with Gasteiger partial charge in [0.05, 0.1) is 0 Å². The van der Waals surface area contributed by atoms with Gasteiger partial charge in [0, 0.05) is 44.8 Å². The van der Waals surface area contributed by atoms with E-state index in [1.54, 1.807) is 0 Å². The Morgan fingerprint density at radius 2 is 1.67 bits per heavy atom. The highest BCUT2D eigenvalue weighted by Crippen LogP contribution is 2.33. The molecule has 1 unspecified atom stereocenters. The predicted octanol–water partition coefficient (Wildman–Crippen LogP) is 1.54. The van der Waals surface area contributed by atoms with E-state index in [0.29, 0.717) is 0 Å². The van der Waals surface area contributed by atoms with Gasteiger partial charge in [-0.25, -0.2) is 0 Å². The highest BCUT2D eigenvalue weighted by Gasteiger charge is 2.32. The molecular weight excluding hydrogens is 222 g/mol. The third kappa shape index (κ3) is 3.06. The maximum Gasteiger partial charge on any atom is 0.0220 e. The molecule has 3 heteroatoms. The van der Waals surface area contributed by atoms with Crippen LogP contribution < -0.4 is 5.32 Å². The average molecular weight is 251 g/mol. The molecule has 1 saturated heterocycles. The number of hydrogen-bond acceptors (Lipinski definition) is 3. The van der Waals surface area contributed by atoms with Gasteiger partial charge in [0.1, 0.15) is 0 Å². The molecule has 0 aromatic rings. The lowest BCUT2D eigenvalue weighted by Gasteiger charge is -2.39. The minimum Gasteiger partial charge on any atom is -0.315 e. The van der Waals surface area contributed by atoms with E-state index in [1.165, 1.54) is 71.2 Å². The van der Waals surface area contributed by atoms with Crippen molar-refractivity contribution in [2.24, 2.45) is 5.92 Å². The molecule has 18 heavy (non-hydrogen) atoms. The summed E-state index contributed by atoms with van der Waals surface area (Å²) < 4.78 is 0. The first-order valence-electron chi connectivity index (χ1n) is 8.00. The Balaban J connectivity index is 1.41. The van der Waals surface area contributed by atoms with Crippen LogP contribution in [0.1, 0.15) is 38.5 Å². The number of hydrogen-bond donors (Lipinski definition) is 1. The first kappa shape index (κ1) is 12.9. The van der Waals surface area contributed by atoms with E-state index in [2.05, 4.69) is 22.2 Å². The van der Waals surface area contributed by atoms with Crippen molar-refractivity contribution in [3.63, 3.8) is 0 Å². The molecule has 1 heterocycles. The predicted molar refractivity (Wildman–Crippen MR) is 75.8 cm³/mol. The molecule has 0 bridgehead atoms. The van der Waals surface area contributed by atoms with Crippen LogP contribution in [-0.2, 0) is 0 Å². The van der Waals surface area contributed by atoms with Crippen LogP contribution in [0, 0.1) is 5.92 Å². The number of likely N-dealkylation sites (N-methyl/N-ethyl adjacent to an activating group) is 1. The second-order valence-corrected chi connectivity index (χ2v) is 6.51. The quantitative estimate of drug-likeness (QED) is 0.800. The van der Waals surface area contributed by atoms with E-state index in [4.69, 9.17) is 0 Å². The second kappa shape index (κ2) is 5.89. The van der Waals surface area contributed by atoms with Crippen LogP contribution in [0.3, 0.4) is 0 Å². The third-order valence-corrected chi connectivity index (χ3v) is 5.26. The topological polar surface area (TPSA) is 18.5 Å². The molecule has 1 aliphatic heterocycles. The third-order valence-electron chi connectivity index (χ3n) is 5.26. The van der Waals surface area contributed by atoms with Gasteiger partial charge in [-0.3, -0.25) is 9.80 Å². The normalized spacial score (nSPS) is 29.8. The van der Waals surface area contributed by atoms with Crippen molar-refractivity contribution in [1.82, 2.24) is 15.1 Å². The van der Waals surface area contributed by atoms with E-state index < -0.39 is 0 Å². The molecule has 3 aliphatic rings. The van der Waals surface area contributed by atoms with Crippen molar-refractivity contribution in [1.29, 1.82) is 0 Å². The molecule has 2 aliphatic carbocycles. The molecular formula is C15H29N3. The van der Waals surface area contributed by atoms with Crippen molar-refractivity contribution in [2.45, 2.75) is 50.6 Å². The van der Waals surface area contributed by atoms with Gasteiger partial charge in [-0.2, -0.15) is 0 Å². The molecule has 1 N–H and O–H groups in total. The summed E-state index contributed by atoms with van der Waals surface area (Å²) in [5.41, 5.74) is 0. The number of rotatable bonds is 5. The second-order valence-electron chi connectivity index (χ2n) is 6.51. The van der Waals surface area contributed by atoms with Crippen molar-refractivity contribution in [3.05, 3.63) is 0 Å². The van der Waals surface area contributed by atoms with Crippen molar-refractivity contribution in [2.75, 3.05) is 39.8 Å². The maximum atomic E-state index is 3.52. The fraction of sp³-hybridized carbons (Fsp3) is 1.00. The minimum absolute atomic E-state index is 0.753. The maximum absolute atomic E-state index is 3.52. The van der Waals surface area contributed by atoms with Crippen LogP contribution >= 0.6 is 0 Å². The van der Waals surface area contributed by atoms with Crippen molar-refractivity contribution >= 4 is 0 Å². The standard InChI is InChI=1S/C15H29N3/c1-16-15(13-6-7-13)12-17-8-10-18(11-9-17)14-4-2-3-5-14/h13-16H,2-12H2,1H3. The van der Waals surface area contributed by atoms with Gasteiger partial charge in [0.2, 0.25) is 0 Å². The summed E-state index contributed by atoms with van der Waals surface area (Å²) in [7, 11) is 2.14. The molecule has 104 valence electrons. The highest BCUT2D eigenvalue weighted by molar-refractivity contribution is 4.89. The molecule has 2 saturated carbocycles. The van der Waals surface area contributed by atoms with Crippen molar-refractivity contribution in [3.8, 4) is 0 Å². The first-order chi connectivity index (χ1) is 8.86.